The van der Waals surface area contributed by atoms with Crippen molar-refractivity contribution in [1.82, 2.24) is 0 Å². The molecule has 3 aromatic rings. The number of rotatable bonds is 5. The van der Waals surface area contributed by atoms with Gasteiger partial charge in [0.25, 0.3) is 0 Å². The third kappa shape index (κ3) is 4.86. The second kappa shape index (κ2) is 8.39. The summed E-state index contributed by atoms with van der Waals surface area (Å²) in [6.07, 6.45) is 0. The molecule has 6 nitrogen and oxygen atoms in total. The van der Waals surface area contributed by atoms with Gasteiger partial charge in [0.1, 0.15) is 12.4 Å². The zero-order chi connectivity index (χ0) is 21.0. The molecule has 0 amide bonds. The zero-order valence-electron chi connectivity index (χ0n) is 14.8. The molecule has 148 valence electrons. The van der Waals surface area contributed by atoms with Crippen molar-refractivity contribution in [3.8, 4) is 17.2 Å². The molecule has 0 bridgehead atoms. The molecular weight excluding hydrogens is 386 g/mol. The predicted molar refractivity (Wildman–Crippen MR) is 96.6 cm³/mol. The van der Waals surface area contributed by atoms with Crippen LogP contribution in [0.25, 0.3) is 0 Å². The molecule has 3 aromatic carbocycles. The minimum atomic E-state index is -0.940. The van der Waals surface area contributed by atoms with Crippen LogP contribution in [0.4, 0.5) is 8.78 Å². The Bertz CT molecular complexity index is 1060. The Labute approximate surface area is 163 Å². The van der Waals surface area contributed by atoms with Crippen molar-refractivity contribution in [2.75, 3.05) is 0 Å². The lowest BCUT2D eigenvalue weighted by Gasteiger charge is -2.08. The number of phenolic OH excluding ortho intramolecular Hbond substituents is 2. The molecule has 0 radical (unpaired) electrons. The van der Waals surface area contributed by atoms with Gasteiger partial charge in [-0.3, -0.25) is 0 Å². The van der Waals surface area contributed by atoms with Crippen LogP contribution >= 0.6 is 0 Å². The molecule has 0 spiro atoms. The molecule has 0 unspecified atom stereocenters. The van der Waals surface area contributed by atoms with Crippen LogP contribution in [0.3, 0.4) is 0 Å². The fraction of sp³-hybridized carbons (Fsp3) is 0.0476. The number of carbonyl (C=O) groups excluding carboxylic acids is 2. The molecule has 0 aliphatic rings. The summed E-state index contributed by atoms with van der Waals surface area (Å²) in [5, 5.41) is 18.3. The average Bonchev–Trinajstić information content (AvgIpc) is 2.71. The number of aromatic hydroxyl groups is 2. The van der Waals surface area contributed by atoms with Gasteiger partial charge >= 0.3 is 11.9 Å². The highest BCUT2D eigenvalue weighted by molar-refractivity contribution is 5.91. The number of phenols is 2. The van der Waals surface area contributed by atoms with Crippen molar-refractivity contribution in [2.45, 2.75) is 6.61 Å². The van der Waals surface area contributed by atoms with Crippen LogP contribution < -0.4 is 4.74 Å². The average molecular weight is 400 g/mol. The molecule has 29 heavy (non-hydrogen) atoms. The lowest BCUT2D eigenvalue weighted by Crippen LogP contribution is -2.09. The van der Waals surface area contributed by atoms with E-state index in [0.717, 1.165) is 24.3 Å². The summed E-state index contributed by atoms with van der Waals surface area (Å²) < 4.78 is 36.8. The Morgan fingerprint density at radius 3 is 1.79 bits per heavy atom. The Morgan fingerprint density at radius 1 is 0.759 bits per heavy atom. The molecule has 3 rings (SSSR count). The molecule has 0 heterocycles. The van der Waals surface area contributed by atoms with Crippen LogP contribution in [-0.2, 0) is 11.3 Å². The summed E-state index contributed by atoms with van der Waals surface area (Å²) in [5.74, 6) is -4.41. The van der Waals surface area contributed by atoms with Gasteiger partial charge in [-0.05, 0) is 54.1 Å². The van der Waals surface area contributed by atoms with Crippen LogP contribution in [0.2, 0.25) is 0 Å². The topological polar surface area (TPSA) is 93.1 Å². The van der Waals surface area contributed by atoms with Crippen molar-refractivity contribution in [2.24, 2.45) is 0 Å². The third-order valence-electron chi connectivity index (χ3n) is 3.87. The summed E-state index contributed by atoms with van der Waals surface area (Å²) in [4.78, 5) is 23.9. The number of hydrogen-bond donors (Lipinski definition) is 2. The molecule has 2 N–H and O–H groups in total. The molecule has 0 saturated carbocycles. The summed E-state index contributed by atoms with van der Waals surface area (Å²) in [5.41, 5.74) is 0.458. The Morgan fingerprint density at radius 2 is 1.28 bits per heavy atom. The summed E-state index contributed by atoms with van der Waals surface area (Å²) in [6.45, 7) is -0.112. The lowest BCUT2D eigenvalue weighted by molar-refractivity contribution is 0.0472. The van der Waals surface area contributed by atoms with Crippen molar-refractivity contribution in [3.63, 3.8) is 0 Å². The standard InChI is InChI=1S/C21H14F2O6/c22-16-9-13(3-7-18(16)24)20(26)28-11-12-1-5-15(6-2-12)29-21(27)14-4-8-19(25)17(23)10-14/h1-10,24-25H,11H2. The lowest BCUT2D eigenvalue weighted by atomic mass is 10.2. The van der Waals surface area contributed by atoms with Crippen LogP contribution in [0.1, 0.15) is 26.3 Å². The summed E-state index contributed by atoms with van der Waals surface area (Å²) in [6, 6.07) is 12.3. The fourth-order valence-corrected chi connectivity index (χ4v) is 2.32. The Balaban J connectivity index is 1.58. The number of benzene rings is 3. The normalized spacial score (nSPS) is 10.4. The SMILES string of the molecule is O=C(OCc1ccc(OC(=O)c2ccc(O)c(F)c2)cc1)c1ccc(O)c(F)c1. The molecule has 0 aliphatic carbocycles. The van der Waals surface area contributed by atoms with E-state index in [0.29, 0.717) is 5.56 Å². The van der Waals surface area contributed by atoms with E-state index in [2.05, 4.69) is 0 Å². The van der Waals surface area contributed by atoms with Crippen molar-refractivity contribution in [3.05, 3.63) is 89.0 Å². The predicted octanol–water partition coefficient (Wildman–Crippen LogP) is 3.95. The highest BCUT2D eigenvalue weighted by atomic mass is 19.1. The van der Waals surface area contributed by atoms with Crippen molar-refractivity contribution >= 4 is 11.9 Å². The first kappa shape index (κ1) is 19.8. The molecule has 0 aromatic heterocycles. The first-order valence-corrected chi connectivity index (χ1v) is 8.29. The van der Waals surface area contributed by atoms with Crippen LogP contribution in [0, 0.1) is 11.6 Å². The second-order valence-corrected chi connectivity index (χ2v) is 5.94. The summed E-state index contributed by atoms with van der Waals surface area (Å²) in [7, 11) is 0. The van der Waals surface area contributed by atoms with Gasteiger partial charge in [-0.25, -0.2) is 18.4 Å². The van der Waals surface area contributed by atoms with Crippen molar-refractivity contribution < 1.29 is 38.1 Å². The highest BCUT2D eigenvalue weighted by Crippen LogP contribution is 2.20. The number of esters is 2. The van der Waals surface area contributed by atoms with E-state index in [9.17, 15) is 18.4 Å². The maximum absolute atomic E-state index is 13.3. The monoisotopic (exact) mass is 400 g/mol. The van der Waals surface area contributed by atoms with E-state index < -0.39 is 35.1 Å². The van der Waals surface area contributed by atoms with Crippen LogP contribution in [0.5, 0.6) is 17.2 Å². The van der Waals surface area contributed by atoms with E-state index in [1.165, 1.54) is 24.3 Å². The maximum Gasteiger partial charge on any atom is 0.343 e. The molecule has 8 heteroatoms. The van der Waals surface area contributed by atoms with Crippen LogP contribution in [-0.4, -0.2) is 22.2 Å². The van der Waals surface area contributed by atoms with Gasteiger partial charge in [-0.2, -0.15) is 0 Å². The van der Waals surface area contributed by atoms with Gasteiger partial charge in [0, 0.05) is 0 Å². The van der Waals surface area contributed by atoms with E-state index in [4.69, 9.17) is 19.7 Å². The molecule has 0 aliphatic heterocycles. The van der Waals surface area contributed by atoms with Gasteiger partial charge < -0.3 is 19.7 Å². The number of halogens is 2. The van der Waals surface area contributed by atoms with Gasteiger partial charge in [0.15, 0.2) is 23.1 Å². The quantitative estimate of drug-likeness (QED) is 0.498. The number of hydrogen-bond acceptors (Lipinski definition) is 6. The molecular formula is C21H14F2O6. The first-order chi connectivity index (χ1) is 13.8. The zero-order valence-corrected chi connectivity index (χ0v) is 14.8. The third-order valence-corrected chi connectivity index (χ3v) is 3.87. The van der Waals surface area contributed by atoms with Gasteiger partial charge in [-0.1, -0.05) is 12.1 Å². The van der Waals surface area contributed by atoms with E-state index in [1.807, 2.05) is 0 Å². The maximum atomic E-state index is 13.3. The van der Waals surface area contributed by atoms with E-state index in [-0.39, 0.29) is 23.5 Å². The summed E-state index contributed by atoms with van der Waals surface area (Å²) >= 11 is 0. The van der Waals surface area contributed by atoms with Gasteiger partial charge in [0.2, 0.25) is 0 Å². The van der Waals surface area contributed by atoms with Crippen molar-refractivity contribution in [1.29, 1.82) is 0 Å². The van der Waals surface area contributed by atoms with Gasteiger partial charge in [-0.15, -0.1) is 0 Å². The van der Waals surface area contributed by atoms with Crippen LogP contribution in [0.15, 0.2) is 60.7 Å². The number of carbonyl (C=O) groups is 2. The second-order valence-electron chi connectivity index (χ2n) is 5.94. The molecule has 0 saturated heterocycles. The molecule has 0 atom stereocenters. The fourth-order valence-electron chi connectivity index (χ4n) is 2.32. The smallest absolute Gasteiger partial charge is 0.343 e. The van der Waals surface area contributed by atoms with Gasteiger partial charge in [0.05, 0.1) is 11.1 Å². The molecule has 0 fully saturated rings. The minimum Gasteiger partial charge on any atom is -0.505 e. The Hall–Kier alpha value is -3.94. The minimum absolute atomic E-state index is 0.0491. The largest absolute Gasteiger partial charge is 0.505 e. The highest BCUT2D eigenvalue weighted by Gasteiger charge is 2.13. The van der Waals surface area contributed by atoms with E-state index in [1.54, 1.807) is 12.1 Å². The van der Waals surface area contributed by atoms with E-state index >= 15 is 0 Å². The first-order valence-electron chi connectivity index (χ1n) is 8.29. The Kier molecular flexibility index (Phi) is 5.73. The number of ether oxygens (including phenoxy) is 2.